The first-order valence-electron chi connectivity index (χ1n) is 6.16. The highest BCUT2D eigenvalue weighted by Crippen LogP contribution is 2.25. The van der Waals surface area contributed by atoms with Gasteiger partial charge < -0.3 is 5.73 Å². The van der Waals surface area contributed by atoms with E-state index >= 15 is 0 Å². The van der Waals surface area contributed by atoms with Crippen LogP contribution in [0.4, 0.5) is 14.5 Å². The first kappa shape index (κ1) is 13.2. The maximum Gasteiger partial charge on any atom is 0.190 e. The monoisotopic (exact) mass is 287 g/mol. The van der Waals surface area contributed by atoms with Crippen molar-refractivity contribution in [3.63, 3.8) is 0 Å². The Hall–Kier alpha value is -2.83. The number of aryl methyl sites for hydroxylation is 1. The van der Waals surface area contributed by atoms with Crippen LogP contribution in [0, 0.1) is 18.6 Å². The summed E-state index contributed by atoms with van der Waals surface area (Å²) in [4.78, 5) is 0. The van der Waals surface area contributed by atoms with Gasteiger partial charge in [-0.15, -0.1) is 5.10 Å². The second-order valence-electron chi connectivity index (χ2n) is 4.58. The Labute approximate surface area is 119 Å². The summed E-state index contributed by atoms with van der Waals surface area (Å²) in [6.45, 7) is 1.79. The van der Waals surface area contributed by atoms with Crippen molar-refractivity contribution in [2.24, 2.45) is 0 Å². The lowest BCUT2D eigenvalue weighted by Gasteiger charge is -2.08. The quantitative estimate of drug-likeness (QED) is 0.735. The van der Waals surface area contributed by atoms with Crippen LogP contribution in [0.25, 0.3) is 17.1 Å². The van der Waals surface area contributed by atoms with Crippen LogP contribution < -0.4 is 5.73 Å². The molecule has 0 saturated carbocycles. The number of aromatic nitrogens is 4. The number of anilines is 1. The zero-order valence-electron chi connectivity index (χ0n) is 11.1. The normalized spacial score (nSPS) is 10.8. The van der Waals surface area contributed by atoms with E-state index in [0.29, 0.717) is 11.4 Å². The maximum absolute atomic E-state index is 14.0. The van der Waals surface area contributed by atoms with E-state index in [1.165, 1.54) is 28.9 Å². The molecule has 7 heteroatoms. The van der Waals surface area contributed by atoms with Crippen LogP contribution in [0.3, 0.4) is 0 Å². The highest BCUT2D eigenvalue weighted by molar-refractivity contribution is 5.62. The van der Waals surface area contributed by atoms with Crippen LogP contribution in [0.15, 0.2) is 36.4 Å². The van der Waals surface area contributed by atoms with Crippen molar-refractivity contribution in [2.75, 3.05) is 5.73 Å². The summed E-state index contributed by atoms with van der Waals surface area (Å²) in [7, 11) is 0. The van der Waals surface area contributed by atoms with Crippen molar-refractivity contribution < 1.29 is 8.78 Å². The molecule has 0 amide bonds. The fourth-order valence-electron chi connectivity index (χ4n) is 2.04. The van der Waals surface area contributed by atoms with E-state index in [9.17, 15) is 8.78 Å². The Bertz CT molecular complexity index is 813. The van der Waals surface area contributed by atoms with Crippen molar-refractivity contribution in [3.8, 4) is 17.1 Å². The Morgan fingerprint density at radius 3 is 2.67 bits per heavy atom. The standard InChI is InChI=1S/C14H11F2N5/c1-8-2-3-9(15)6-13(8)21-14(18-19-20-21)11-5-4-10(17)7-12(11)16/h2-7H,17H2,1H3. The van der Waals surface area contributed by atoms with E-state index in [4.69, 9.17) is 5.73 Å². The van der Waals surface area contributed by atoms with Gasteiger partial charge in [0.15, 0.2) is 5.82 Å². The Morgan fingerprint density at radius 2 is 1.90 bits per heavy atom. The van der Waals surface area contributed by atoms with Gasteiger partial charge in [0.1, 0.15) is 11.6 Å². The van der Waals surface area contributed by atoms with Gasteiger partial charge in [0.25, 0.3) is 0 Å². The molecule has 0 bridgehead atoms. The first-order valence-corrected chi connectivity index (χ1v) is 6.16. The van der Waals surface area contributed by atoms with Gasteiger partial charge in [0.05, 0.1) is 11.3 Å². The van der Waals surface area contributed by atoms with E-state index in [-0.39, 0.29) is 11.4 Å². The molecule has 3 aromatic rings. The molecule has 0 atom stereocenters. The molecule has 5 nitrogen and oxygen atoms in total. The molecule has 3 rings (SSSR count). The highest BCUT2D eigenvalue weighted by atomic mass is 19.1. The van der Waals surface area contributed by atoms with E-state index in [0.717, 1.165) is 5.56 Å². The molecule has 0 radical (unpaired) electrons. The largest absolute Gasteiger partial charge is 0.399 e. The molecule has 2 aromatic carbocycles. The van der Waals surface area contributed by atoms with Gasteiger partial charge in [-0.05, 0) is 53.2 Å². The summed E-state index contributed by atoms with van der Waals surface area (Å²) in [6.07, 6.45) is 0. The highest BCUT2D eigenvalue weighted by Gasteiger charge is 2.16. The number of tetrazole rings is 1. The van der Waals surface area contributed by atoms with Crippen molar-refractivity contribution in [1.82, 2.24) is 20.2 Å². The second-order valence-corrected chi connectivity index (χ2v) is 4.58. The van der Waals surface area contributed by atoms with Gasteiger partial charge in [-0.2, -0.15) is 4.68 Å². The van der Waals surface area contributed by atoms with Gasteiger partial charge in [-0.25, -0.2) is 8.78 Å². The number of hydrogen-bond acceptors (Lipinski definition) is 4. The third-order valence-corrected chi connectivity index (χ3v) is 3.10. The molecule has 0 unspecified atom stereocenters. The molecule has 0 fully saturated rings. The molecule has 106 valence electrons. The lowest BCUT2D eigenvalue weighted by atomic mass is 10.1. The average Bonchev–Trinajstić information content (AvgIpc) is 2.90. The first-order chi connectivity index (χ1) is 10.1. The summed E-state index contributed by atoms with van der Waals surface area (Å²) < 4.78 is 28.8. The Balaban J connectivity index is 2.19. The van der Waals surface area contributed by atoms with Crippen LogP contribution in [0.1, 0.15) is 5.56 Å². The molecule has 0 aliphatic rings. The van der Waals surface area contributed by atoms with Gasteiger partial charge in [-0.1, -0.05) is 6.07 Å². The number of nitrogen functional groups attached to an aromatic ring is 1. The summed E-state index contributed by atoms with van der Waals surface area (Å²) in [5, 5.41) is 11.2. The molecule has 0 spiro atoms. The average molecular weight is 287 g/mol. The molecular weight excluding hydrogens is 276 g/mol. The minimum atomic E-state index is -0.542. The lowest BCUT2D eigenvalue weighted by Crippen LogP contribution is -2.04. The van der Waals surface area contributed by atoms with Crippen molar-refractivity contribution in [1.29, 1.82) is 0 Å². The number of halogens is 2. The fraction of sp³-hybridized carbons (Fsp3) is 0.0714. The number of rotatable bonds is 2. The van der Waals surface area contributed by atoms with Crippen molar-refractivity contribution in [2.45, 2.75) is 6.92 Å². The second kappa shape index (κ2) is 4.93. The van der Waals surface area contributed by atoms with E-state index < -0.39 is 11.6 Å². The van der Waals surface area contributed by atoms with Gasteiger partial charge in [0.2, 0.25) is 0 Å². The van der Waals surface area contributed by atoms with E-state index in [1.807, 2.05) is 0 Å². The Kier molecular flexibility index (Phi) is 3.09. The van der Waals surface area contributed by atoms with Crippen LogP contribution in [0.2, 0.25) is 0 Å². The predicted octanol–water partition coefficient (Wildman–Crippen LogP) is 2.50. The third kappa shape index (κ3) is 2.33. The van der Waals surface area contributed by atoms with E-state index in [1.54, 1.807) is 19.1 Å². The summed E-state index contributed by atoms with van der Waals surface area (Å²) in [5.74, 6) is -0.781. The minimum Gasteiger partial charge on any atom is -0.399 e. The molecule has 1 aromatic heterocycles. The van der Waals surface area contributed by atoms with Crippen LogP contribution in [0.5, 0.6) is 0 Å². The zero-order valence-corrected chi connectivity index (χ0v) is 11.1. The molecule has 1 heterocycles. The van der Waals surface area contributed by atoms with Crippen molar-refractivity contribution >= 4 is 5.69 Å². The van der Waals surface area contributed by atoms with Crippen LogP contribution in [-0.4, -0.2) is 20.2 Å². The van der Waals surface area contributed by atoms with E-state index in [2.05, 4.69) is 15.5 Å². The van der Waals surface area contributed by atoms with Gasteiger partial charge >= 0.3 is 0 Å². The third-order valence-electron chi connectivity index (χ3n) is 3.10. The summed E-state index contributed by atoms with van der Waals surface area (Å²) in [6, 6.07) is 8.47. The number of benzene rings is 2. The van der Waals surface area contributed by atoms with Gasteiger partial charge in [-0.3, -0.25) is 0 Å². The summed E-state index contributed by atoms with van der Waals surface area (Å²) in [5.41, 5.74) is 7.24. The minimum absolute atomic E-state index is 0.182. The SMILES string of the molecule is Cc1ccc(F)cc1-n1nnnc1-c1ccc(N)cc1F. The number of nitrogens with zero attached hydrogens (tertiary/aromatic N) is 4. The molecule has 2 N–H and O–H groups in total. The van der Waals surface area contributed by atoms with Crippen LogP contribution >= 0.6 is 0 Å². The zero-order chi connectivity index (χ0) is 15.0. The predicted molar refractivity (Wildman–Crippen MR) is 73.7 cm³/mol. The summed E-state index contributed by atoms with van der Waals surface area (Å²) >= 11 is 0. The lowest BCUT2D eigenvalue weighted by molar-refractivity contribution is 0.623. The smallest absolute Gasteiger partial charge is 0.190 e. The molecule has 0 aliphatic carbocycles. The molecule has 21 heavy (non-hydrogen) atoms. The topological polar surface area (TPSA) is 69.6 Å². The number of nitrogens with two attached hydrogens (primary N) is 1. The Morgan fingerprint density at radius 1 is 1.10 bits per heavy atom. The van der Waals surface area contributed by atoms with Crippen LogP contribution in [-0.2, 0) is 0 Å². The number of hydrogen-bond donors (Lipinski definition) is 1. The maximum atomic E-state index is 14.0. The molecular formula is C14H11F2N5. The fourth-order valence-corrected chi connectivity index (χ4v) is 2.04. The van der Waals surface area contributed by atoms with Crippen molar-refractivity contribution in [3.05, 3.63) is 53.6 Å². The molecule has 0 aliphatic heterocycles. The molecule has 0 saturated heterocycles. The van der Waals surface area contributed by atoms with Gasteiger partial charge in [0, 0.05) is 5.69 Å².